The van der Waals surface area contributed by atoms with Crippen molar-refractivity contribution in [2.45, 2.75) is 26.4 Å². The highest BCUT2D eigenvalue weighted by atomic mass is 32.1. The summed E-state index contributed by atoms with van der Waals surface area (Å²) >= 11 is 1.50. The van der Waals surface area contributed by atoms with E-state index >= 15 is 0 Å². The van der Waals surface area contributed by atoms with E-state index in [2.05, 4.69) is 19.2 Å². The molecule has 2 heterocycles. The largest absolute Gasteiger partial charge is 0.370 e. The first-order valence-electron chi connectivity index (χ1n) is 10.2. The van der Waals surface area contributed by atoms with E-state index in [4.69, 9.17) is 4.74 Å². The third-order valence-electron chi connectivity index (χ3n) is 5.01. The summed E-state index contributed by atoms with van der Waals surface area (Å²) in [6, 6.07) is 8.04. The molecular weight excluding hydrogens is 386 g/mol. The number of thiophene rings is 1. The molecule has 0 saturated carbocycles. The smallest absolute Gasteiger partial charge is 0.261 e. The van der Waals surface area contributed by atoms with Crippen LogP contribution < -0.4 is 5.32 Å². The van der Waals surface area contributed by atoms with Gasteiger partial charge in [-0.15, -0.1) is 11.3 Å². The van der Waals surface area contributed by atoms with E-state index in [0.29, 0.717) is 43.5 Å². The molecule has 0 aliphatic carbocycles. The lowest BCUT2D eigenvalue weighted by Gasteiger charge is -2.34. The highest BCUT2D eigenvalue weighted by molar-refractivity contribution is 7.21. The number of likely N-dealkylation sites (N-methyl/N-ethyl adjacent to an activating group) is 1. The molecule has 3 rings (SSSR count). The van der Waals surface area contributed by atoms with Crippen LogP contribution in [0.4, 0.5) is 0 Å². The van der Waals surface area contributed by atoms with Gasteiger partial charge in [0.15, 0.2) is 0 Å². The van der Waals surface area contributed by atoms with Gasteiger partial charge in [-0.2, -0.15) is 0 Å². The molecule has 1 saturated heterocycles. The predicted octanol–water partition coefficient (Wildman–Crippen LogP) is 3.14. The second kappa shape index (κ2) is 9.69. The first kappa shape index (κ1) is 21.7. The third-order valence-corrected chi connectivity index (χ3v) is 6.19. The number of fused-ring (bicyclic) bond motifs is 1. The van der Waals surface area contributed by atoms with Gasteiger partial charge in [0, 0.05) is 36.3 Å². The van der Waals surface area contributed by atoms with E-state index in [1.807, 2.05) is 48.2 Å². The molecule has 1 N–H and O–H groups in total. The van der Waals surface area contributed by atoms with Crippen molar-refractivity contribution in [2.75, 3.05) is 46.9 Å². The zero-order valence-corrected chi connectivity index (χ0v) is 18.6. The Hall–Kier alpha value is -1.96. The fourth-order valence-corrected chi connectivity index (χ4v) is 4.73. The highest BCUT2D eigenvalue weighted by Gasteiger charge is 2.31. The molecule has 2 amide bonds. The minimum Gasteiger partial charge on any atom is -0.370 e. The van der Waals surface area contributed by atoms with Crippen LogP contribution in [0.5, 0.6) is 0 Å². The van der Waals surface area contributed by atoms with Crippen LogP contribution in [0.1, 0.15) is 41.6 Å². The average Bonchev–Trinajstić information content (AvgIpc) is 3.07. The number of nitrogens with one attached hydrogen (secondary N) is 1. The van der Waals surface area contributed by atoms with Crippen LogP contribution in [0.2, 0.25) is 0 Å². The number of morpholine rings is 1. The molecule has 0 unspecified atom stereocenters. The summed E-state index contributed by atoms with van der Waals surface area (Å²) in [6.45, 7) is 7.06. The van der Waals surface area contributed by atoms with E-state index < -0.39 is 0 Å². The minimum absolute atomic E-state index is 0.0720. The van der Waals surface area contributed by atoms with Gasteiger partial charge in [0.2, 0.25) is 5.91 Å². The Kier molecular flexibility index (Phi) is 7.27. The first-order valence-corrected chi connectivity index (χ1v) is 11.0. The van der Waals surface area contributed by atoms with E-state index in [0.717, 1.165) is 22.2 Å². The fraction of sp³-hybridized carbons (Fsp3) is 0.545. The van der Waals surface area contributed by atoms with Gasteiger partial charge in [-0.25, -0.2) is 0 Å². The molecule has 1 fully saturated rings. The van der Waals surface area contributed by atoms with Crippen molar-refractivity contribution in [3.63, 3.8) is 0 Å². The van der Waals surface area contributed by atoms with E-state index in [1.54, 1.807) is 0 Å². The van der Waals surface area contributed by atoms with Gasteiger partial charge in [0.25, 0.3) is 5.91 Å². The summed E-state index contributed by atoms with van der Waals surface area (Å²) in [6.07, 6.45) is 0.250. The molecule has 158 valence electrons. The number of carbonyl (C=O) groups is 2. The Morgan fingerprint density at radius 1 is 1.31 bits per heavy atom. The van der Waals surface area contributed by atoms with Gasteiger partial charge >= 0.3 is 0 Å². The molecule has 0 bridgehead atoms. The van der Waals surface area contributed by atoms with Crippen molar-refractivity contribution in [1.82, 2.24) is 15.1 Å². The molecule has 6 nitrogen and oxygen atoms in total. The molecule has 7 heteroatoms. The Morgan fingerprint density at radius 3 is 2.79 bits per heavy atom. The predicted molar refractivity (Wildman–Crippen MR) is 117 cm³/mol. The van der Waals surface area contributed by atoms with Crippen molar-refractivity contribution in [1.29, 1.82) is 0 Å². The minimum atomic E-state index is -0.286. The van der Waals surface area contributed by atoms with Gasteiger partial charge in [-0.3, -0.25) is 9.59 Å². The molecule has 0 spiro atoms. The maximum atomic E-state index is 13.0. The standard InChI is InChI=1S/C22H31N3O3S/c1-15(2)13-19(26)25-11-12-28-17(14-25)20-16-7-5-6-8-18(16)29-21(20)22(27)23-9-10-24(3)4/h5-8,15,17H,9-14H2,1-4H3,(H,23,27)/t17-/m0/s1. The van der Waals surface area contributed by atoms with E-state index in [9.17, 15) is 9.59 Å². The maximum absolute atomic E-state index is 13.0. The number of hydrogen-bond donors (Lipinski definition) is 1. The van der Waals surface area contributed by atoms with Gasteiger partial charge in [-0.05, 0) is 31.5 Å². The topological polar surface area (TPSA) is 61.9 Å². The number of benzene rings is 1. The monoisotopic (exact) mass is 417 g/mol. The van der Waals surface area contributed by atoms with Gasteiger partial charge in [0.05, 0.1) is 18.0 Å². The summed E-state index contributed by atoms with van der Waals surface area (Å²) in [5.41, 5.74) is 0.912. The van der Waals surface area contributed by atoms with Crippen LogP contribution >= 0.6 is 11.3 Å². The Balaban J connectivity index is 1.87. The van der Waals surface area contributed by atoms with Crippen LogP contribution in [0, 0.1) is 5.92 Å². The lowest BCUT2D eigenvalue weighted by atomic mass is 10.0. The highest BCUT2D eigenvalue weighted by Crippen LogP contribution is 2.38. The van der Waals surface area contributed by atoms with Gasteiger partial charge < -0.3 is 19.9 Å². The van der Waals surface area contributed by atoms with E-state index in [1.165, 1.54) is 11.3 Å². The summed E-state index contributed by atoms with van der Waals surface area (Å²) in [5, 5.41) is 4.06. The van der Waals surface area contributed by atoms with Gasteiger partial charge in [0.1, 0.15) is 6.10 Å². The molecule has 1 aromatic carbocycles. The maximum Gasteiger partial charge on any atom is 0.261 e. The van der Waals surface area contributed by atoms with Crippen LogP contribution in [0.3, 0.4) is 0 Å². The third kappa shape index (κ3) is 5.35. The number of nitrogens with zero attached hydrogens (tertiary/aromatic N) is 2. The summed E-state index contributed by atoms with van der Waals surface area (Å²) in [5.74, 6) is 0.408. The SMILES string of the molecule is CC(C)CC(=O)N1CCO[C@H](c2c(C(=O)NCCN(C)C)sc3ccccc23)C1. The summed E-state index contributed by atoms with van der Waals surface area (Å²) < 4.78 is 7.14. The zero-order valence-electron chi connectivity index (χ0n) is 17.7. The fourth-order valence-electron chi connectivity index (χ4n) is 3.56. The quantitative estimate of drug-likeness (QED) is 0.752. The molecule has 1 aromatic heterocycles. The van der Waals surface area contributed by atoms with Crippen LogP contribution in [0.25, 0.3) is 10.1 Å². The summed E-state index contributed by atoms with van der Waals surface area (Å²) in [4.78, 5) is 30.2. The molecule has 0 radical (unpaired) electrons. The number of carbonyl (C=O) groups excluding carboxylic acids is 2. The van der Waals surface area contributed by atoms with E-state index in [-0.39, 0.29) is 17.9 Å². The van der Waals surface area contributed by atoms with Crippen LogP contribution in [-0.4, -0.2) is 68.5 Å². The van der Waals surface area contributed by atoms with Gasteiger partial charge in [-0.1, -0.05) is 32.0 Å². The molecule has 1 atom stereocenters. The Bertz CT molecular complexity index is 862. The first-order chi connectivity index (χ1) is 13.9. The number of amides is 2. The number of rotatable bonds is 7. The molecule has 29 heavy (non-hydrogen) atoms. The second-order valence-electron chi connectivity index (χ2n) is 8.20. The molecular formula is C22H31N3O3S. The van der Waals surface area contributed by atoms with Crippen LogP contribution in [0.15, 0.2) is 24.3 Å². The molecule has 1 aliphatic rings. The lowest BCUT2D eigenvalue weighted by Crippen LogP contribution is -2.43. The number of ether oxygens (including phenoxy) is 1. The lowest BCUT2D eigenvalue weighted by molar-refractivity contribution is -0.139. The van der Waals surface area contributed by atoms with Crippen LogP contribution in [-0.2, 0) is 9.53 Å². The summed E-state index contributed by atoms with van der Waals surface area (Å²) in [7, 11) is 3.96. The van der Waals surface area contributed by atoms with Crippen molar-refractivity contribution in [3.8, 4) is 0 Å². The second-order valence-corrected chi connectivity index (χ2v) is 9.25. The Morgan fingerprint density at radius 2 is 2.07 bits per heavy atom. The van der Waals surface area contributed by atoms with Crippen molar-refractivity contribution >= 4 is 33.2 Å². The Labute approximate surface area is 176 Å². The average molecular weight is 418 g/mol. The number of hydrogen-bond acceptors (Lipinski definition) is 5. The normalized spacial score (nSPS) is 17.3. The zero-order chi connectivity index (χ0) is 21.0. The van der Waals surface area contributed by atoms with Crippen molar-refractivity contribution in [3.05, 3.63) is 34.7 Å². The molecule has 1 aliphatic heterocycles. The van der Waals surface area contributed by atoms with Crippen molar-refractivity contribution in [2.24, 2.45) is 5.92 Å². The van der Waals surface area contributed by atoms with Crippen molar-refractivity contribution < 1.29 is 14.3 Å². The molecule has 2 aromatic rings.